The third-order valence-electron chi connectivity index (χ3n) is 3.06. The third-order valence-corrected chi connectivity index (χ3v) is 3.06. The van der Waals surface area contributed by atoms with Crippen molar-refractivity contribution in [3.8, 4) is 0 Å². The SMILES string of the molecule is [O-][n+]1cccc(CO)c1.[O-][n+]1cccc(CO)c1.[O-][n+]1cccc(CO)c1. The average Bonchev–Trinajstić information content (AvgIpc) is 2.69. The summed E-state index contributed by atoms with van der Waals surface area (Å²) >= 11 is 0. The number of aliphatic hydroxyl groups is 3. The van der Waals surface area contributed by atoms with Crippen molar-refractivity contribution in [1.29, 1.82) is 0 Å². The normalized spacial score (nSPS) is 9.44. The highest BCUT2D eigenvalue weighted by Gasteiger charge is 1.93. The molecule has 0 saturated heterocycles. The minimum atomic E-state index is -0.0803. The summed E-state index contributed by atoms with van der Waals surface area (Å²) in [6, 6.07) is 9.85. The summed E-state index contributed by atoms with van der Waals surface area (Å²) in [5, 5.41) is 56.9. The Morgan fingerprint density at radius 2 is 0.815 bits per heavy atom. The molecule has 0 radical (unpaired) electrons. The van der Waals surface area contributed by atoms with Crippen LogP contribution >= 0.6 is 0 Å². The summed E-state index contributed by atoms with van der Waals surface area (Å²) < 4.78 is 1.97. The molecule has 27 heavy (non-hydrogen) atoms. The minimum absolute atomic E-state index is 0.0803. The van der Waals surface area contributed by atoms with Crippen LogP contribution in [0.1, 0.15) is 16.7 Å². The van der Waals surface area contributed by atoms with Crippen molar-refractivity contribution in [2.45, 2.75) is 19.8 Å². The molecule has 9 nitrogen and oxygen atoms in total. The number of aromatic nitrogens is 3. The maximum absolute atomic E-state index is 10.5. The highest BCUT2D eigenvalue weighted by molar-refractivity contribution is 5.04. The zero-order chi connectivity index (χ0) is 20.1. The molecule has 0 aliphatic rings. The molecule has 0 atom stereocenters. The van der Waals surface area contributed by atoms with Crippen LogP contribution in [0.3, 0.4) is 0 Å². The van der Waals surface area contributed by atoms with Crippen molar-refractivity contribution in [3.63, 3.8) is 0 Å². The van der Waals surface area contributed by atoms with Crippen molar-refractivity contribution in [1.82, 2.24) is 0 Å². The van der Waals surface area contributed by atoms with Crippen molar-refractivity contribution in [3.05, 3.63) is 106 Å². The van der Waals surface area contributed by atoms with Crippen LogP contribution in [-0.2, 0) is 19.8 Å². The number of hydrogen-bond donors (Lipinski definition) is 3. The Kier molecular flexibility index (Phi) is 9.79. The van der Waals surface area contributed by atoms with E-state index in [1.54, 1.807) is 36.4 Å². The van der Waals surface area contributed by atoms with Gasteiger partial charge in [0.15, 0.2) is 37.2 Å². The van der Waals surface area contributed by atoms with Gasteiger partial charge in [-0.3, -0.25) is 0 Å². The van der Waals surface area contributed by atoms with E-state index in [2.05, 4.69) is 0 Å². The first-order valence-electron chi connectivity index (χ1n) is 7.84. The van der Waals surface area contributed by atoms with Gasteiger partial charge in [-0.05, 0) is 18.2 Å². The van der Waals surface area contributed by atoms with Crippen LogP contribution in [0.2, 0.25) is 0 Å². The Balaban J connectivity index is 0.000000202. The largest absolute Gasteiger partial charge is 0.619 e. The van der Waals surface area contributed by atoms with E-state index in [-0.39, 0.29) is 19.8 Å². The fourth-order valence-electron chi connectivity index (χ4n) is 1.78. The standard InChI is InChI=1S/3C6H7NO2/c3*8-5-6-2-1-3-7(9)4-6/h3*1-4,8H,5H2. The zero-order valence-corrected chi connectivity index (χ0v) is 14.5. The Labute approximate surface area is 156 Å². The Hall–Kier alpha value is -3.27. The molecule has 0 fully saturated rings. The molecule has 0 saturated carbocycles. The second-order valence-electron chi connectivity index (χ2n) is 5.19. The molecule has 144 valence electrons. The number of rotatable bonds is 3. The molecule has 0 spiro atoms. The smallest absolute Gasteiger partial charge is 0.185 e. The monoisotopic (exact) mass is 375 g/mol. The molecule has 0 aromatic carbocycles. The number of pyridine rings is 3. The van der Waals surface area contributed by atoms with E-state index in [0.717, 1.165) is 0 Å². The van der Waals surface area contributed by atoms with E-state index in [0.29, 0.717) is 30.9 Å². The molecule has 3 N–H and O–H groups in total. The molecule has 3 aromatic rings. The van der Waals surface area contributed by atoms with Crippen LogP contribution in [0.4, 0.5) is 0 Å². The Morgan fingerprint density at radius 1 is 0.556 bits per heavy atom. The minimum Gasteiger partial charge on any atom is -0.619 e. The third kappa shape index (κ3) is 9.12. The van der Waals surface area contributed by atoms with E-state index in [4.69, 9.17) is 15.3 Å². The predicted octanol–water partition coefficient (Wildman–Crippen LogP) is -0.563. The van der Waals surface area contributed by atoms with Gasteiger partial charge in [0, 0.05) is 34.9 Å². The molecule has 3 heterocycles. The van der Waals surface area contributed by atoms with E-state index >= 15 is 0 Å². The van der Waals surface area contributed by atoms with Crippen molar-refractivity contribution in [2.24, 2.45) is 0 Å². The lowest BCUT2D eigenvalue weighted by Gasteiger charge is -1.95. The number of nitrogens with zero attached hydrogens (tertiary/aromatic N) is 3. The molecular weight excluding hydrogens is 354 g/mol. The molecule has 0 unspecified atom stereocenters. The van der Waals surface area contributed by atoms with Gasteiger partial charge in [-0.25, -0.2) is 0 Å². The summed E-state index contributed by atoms with van der Waals surface area (Å²) in [6.07, 6.45) is 8.12. The van der Waals surface area contributed by atoms with E-state index < -0.39 is 0 Å². The lowest BCUT2D eigenvalue weighted by molar-refractivity contribution is -0.606. The van der Waals surface area contributed by atoms with Crippen molar-refractivity contribution >= 4 is 0 Å². The topological polar surface area (TPSA) is 142 Å². The van der Waals surface area contributed by atoms with Crippen LogP contribution in [0, 0.1) is 15.6 Å². The average molecular weight is 375 g/mol. The number of aliphatic hydroxyl groups excluding tert-OH is 3. The Morgan fingerprint density at radius 3 is 0.963 bits per heavy atom. The summed E-state index contributed by atoms with van der Waals surface area (Å²) in [7, 11) is 0. The van der Waals surface area contributed by atoms with Crippen molar-refractivity contribution < 1.29 is 29.5 Å². The van der Waals surface area contributed by atoms with Gasteiger partial charge in [0.1, 0.15) is 0 Å². The fraction of sp³-hybridized carbons (Fsp3) is 0.167. The van der Waals surface area contributed by atoms with E-state index in [9.17, 15) is 15.6 Å². The second-order valence-corrected chi connectivity index (χ2v) is 5.19. The highest BCUT2D eigenvalue weighted by atomic mass is 16.5. The number of hydrogen-bond acceptors (Lipinski definition) is 6. The second kappa shape index (κ2) is 12.1. The van der Waals surface area contributed by atoms with Gasteiger partial charge in [0.25, 0.3) is 0 Å². The maximum atomic E-state index is 10.5. The maximum Gasteiger partial charge on any atom is 0.185 e. The lowest BCUT2D eigenvalue weighted by atomic mass is 10.3. The highest BCUT2D eigenvalue weighted by Crippen LogP contribution is 1.92. The quantitative estimate of drug-likeness (QED) is 0.414. The van der Waals surface area contributed by atoms with Crippen LogP contribution in [0.25, 0.3) is 0 Å². The van der Waals surface area contributed by atoms with Gasteiger partial charge in [-0.15, -0.1) is 0 Å². The van der Waals surface area contributed by atoms with Gasteiger partial charge >= 0.3 is 0 Å². The van der Waals surface area contributed by atoms with E-state index in [1.165, 1.54) is 37.2 Å². The predicted molar refractivity (Wildman–Crippen MR) is 94.0 cm³/mol. The van der Waals surface area contributed by atoms with Crippen LogP contribution < -0.4 is 14.2 Å². The summed E-state index contributed by atoms with van der Waals surface area (Å²) in [5.74, 6) is 0. The van der Waals surface area contributed by atoms with Gasteiger partial charge in [-0.1, -0.05) is 0 Å². The lowest BCUT2D eigenvalue weighted by Crippen LogP contribution is -2.24. The summed E-state index contributed by atoms with van der Waals surface area (Å²) in [6.45, 7) is -0.241. The summed E-state index contributed by atoms with van der Waals surface area (Å²) in [4.78, 5) is 0. The van der Waals surface area contributed by atoms with Gasteiger partial charge < -0.3 is 30.9 Å². The van der Waals surface area contributed by atoms with E-state index in [1.807, 2.05) is 0 Å². The molecule has 0 amide bonds. The van der Waals surface area contributed by atoms with Gasteiger partial charge in [0.05, 0.1) is 19.8 Å². The van der Waals surface area contributed by atoms with Gasteiger partial charge in [0.2, 0.25) is 0 Å². The molecular formula is C18H21N3O6. The molecule has 0 aliphatic heterocycles. The van der Waals surface area contributed by atoms with Crippen LogP contribution in [0.15, 0.2) is 73.6 Å². The first-order chi connectivity index (χ1) is 13.0. The summed E-state index contributed by atoms with van der Waals surface area (Å²) in [5.41, 5.74) is 1.90. The molecule has 0 bridgehead atoms. The van der Waals surface area contributed by atoms with Crippen molar-refractivity contribution in [2.75, 3.05) is 0 Å². The first kappa shape index (κ1) is 21.8. The Bertz CT molecular complexity index is 708. The van der Waals surface area contributed by atoms with Crippen LogP contribution in [-0.4, -0.2) is 15.3 Å². The molecule has 3 rings (SSSR count). The molecule has 3 aromatic heterocycles. The fourth-order valence-corrected chi connectivity index (χ4v) is 1.78. The molecule has 0 aliphatic carbocycles. The zero-order valence-electron chi connectivity index (χ0n) is 14.5. The molecule has 9 heteroatoms. The first-order valence-corrected chi connectivity index (χ1v) is 7.84. The van der Waals surface area contributed by atoms with Gasteiger partial charge in [-0.2, -0.15) is 14.2 Å². The van der Waals surface area contributed by atoms with Crippen LogP contribution in [0.5, 0.6) is 0 Å².